The third-order valence-corrected chi connectivity index (χ3v) is 4.11. The van der Waals surface area contributed by atoms with Gasteiger partial charge in [-0.1, -0.05) is 23.4 Å². The second-order valence-corrected chi connectivity index (χ2v) is 5.74. The number of anilines is 1. The molecule has 0 bridgehead atoms. The first-order chi connectivity index (χ1) is 11.2. The zero-order chi connectivity index (χ0) is 15.8. The molecular weight excluding hydrogens is 314 g/mol. The molecule has 1 N–H and O–H groups in total. The number of aromatic nitrogens is 4. The largest absolute Gasteiger partial charge is 0.454 e. The van der Waals surface area contributed by atoms with Crippen LogP contribution in [0.2, 0.25) is 0 Å². The summed E-state index contributed by atoms with van der Waals surface area (Å²) in [6.45, 7) is 0. The summed E-state index contributed by atoms with van der Waals surface area (Å²) in [4.78, 5) is 16.5. The second-order valence-electron chi connectivity index (χ2n) is 4.88. The van der Waals surface area contributed by atoms with Gasteiger partial charge in [0.25, 0.3) is 5.91 Å². The van der Waals surface area contributed by atoms with Gasteiger partial charge in [-0.25, -0.2) is 9.67 Å². The first kappa shape index (κ1) is 13.6. The zero-order valence-electron chi connectivity index (χ0n) is 12.1. The van der Waals surface area contributed by atoms with Crippen LogP contribution in [0.3, 0.4) is 0 Å². The van der Waals surface area contributed by atoms with Crippen LogP contribution >= 0.6 is 11.3 Å². The molecule has 0 fully saturated rings. The molecule has 1 aromatic carbocycles. The van der Waals surface area contributed by atoms with Gasteiger partial charge in [-0.15, -0.1) is 16.4 Å². The van der Waals surface area contributed by atoms with E-state index in [4.69, 9.17) is 4.42 Å². The summed E-state index contributed by atoms with van der Waals surface area (Å²) in [7, 11) is 1.66. The third-order valence-electron chi connectivity index (χ3n) is 3.35. The Morgan fingerprint density at radius 3 is 3.00 bits per heavy atom. The minimum Gasteiger partial charge on any atom is -0.454 e. The van der Waals surface area contributed by atoms with Crippen molar-refractivity contribution in [3.05, 3.63) is 47.6 Å². The van der Waals surface area contributed by atoms with Gasteiger partial charge >= 0.3 is 0 Å². The lowest BCUT2D eigenvalue weighted by molar-refractivity contribution is 0.101. The van der Waals surface area contributed by atoms with Gasteiger partial charge in [0.2, 0.25) is 0 Å². The van der Waals surface area contributed by atoms with Gasteiger partial charge in [-0.3, -0.25) is 10.1 Å². The second kappa shape index (κ2) is 5.33. The SMILES string of the molecule is Cn1nncc1C(=O)Nc1nc(-c2cc3ccccc3o2)cs1. The molecule has 0 saturated heterocycles. The number of benzene rings is 1. The number of para-hydroxylation sites is 1. The van der Waals surface area contributed by atoms with Crippen molar-refractivity contribution in [3.8, 4) is 11.5 Å². The molecule has 0 spiro atoms. The number of nitrogens with one attached hydrogen (secondary N) is 1. The number of rotatable bonds is 3. The molecule has 0 aliphatic carbocycles. The molecule has 3 heterocycles. The summed E-state index contributed by atoms with van der Waals surface area (Å²) in [5.74, 6) is 0.369. The van der Waals surface area contributed by atoms with Gasteiger partial charge in [0.15, 0.2) is 10.9 Å². The van der Waals surface area contributed by atoms with Gasteiger partial charge in [0.05, 0.1) is 6.20 Å². The number of furan rings is 1. The molecule has 0 radical (unpaired) electrons. The fourth-order valence-corrected chi connectivity index (χ4v) is 2.90. The average Bonchev–Trinajstić information content (AvgIpc) is 3.25. The molecule has 4 rings (SSSR count). The molecule has 7 nitrogen and oxygen atoms in total. The van der Waals surface area contributed by atoms with E-state index in [0.29, 0.717) is 22.3 Å². The van der Waals surface area contributed by atoms with Crippen molar-refractivity contribution in [2.75, 3.05) is 5.32 Å². The number of amides is 1. The summed E-state index contributed by atoms with van der Waals surface area (Å²) < 4.78 is 7.18. The van der Waals surface area contributed by atoms with E-state index in [1.807, 2.05) is 35.7 Å². The van der Waals surface area contributed by atoms with E-state index in [-0.39, 0.29) is 5.91 Å². The minimum atomic E-state index is -0.303. The quantitative estimate of drug-likeness (QED) is 0.626. The Morgan fingerprint density at radius 2 is 2.22 bits per heavy atom. The summed E-state index contributed by atoms with van der Waals surface area (Å²) in [6.07, 6.45) is 1.41. The van der Waals surface area contributed by atoms with E-state index in [0.717, 1.165) is 11.0 Å². The van der Waals surface area contributed by atoms with Crippen LogP contribution in [0, 0.1) is 0 Å². The minimum absolute atomic E-state index is 0.303. The lowest BCUT2D eigenvalue weighted by Crippen LogP contribution is -2.15. The molecule has 0 aliphatic rings. The number of nitrogens with zero attached hydrogens (tertiary/aromatic N) is 4. The van der Waals surface area contributed by atoms with Crippen LogP contribution in [0.1, 0.15) is 10.5 Å². The van der Waals surface area contributed by atoms with Gasteiger partial charge in [0.1, 0.15) is 17.0 Å². The standard InChI is InChI=1S/C15H11N5O2S/c1-20-11(7-16-19-20)14(21)18-15-17-10(8-23-15)13-6-9-4-2-3-5-12(9)22-13/h2-8H,1H3,(H,17,18,21). The lowest BCUT2D eigenvalue weighted by atomic mass is 10.2. The van der Waals surface area contributed by atoms with Crippen molar-refractivity contribution < 1.29 is 9.21 Å². The van der Waals surface area contributed by atoms with E-state index < -0.39 is 0 Å². The van der Waals surface area contributed by atoms with Crippen molar-refractivity contribution in [1.29, 1.82) is 0 Å². The molecular formula is C15H11N5O2S. The summed E-state index contributed by atoms with van der Waals surface area (Å²) in [5.41, 5.74) is 1.86. The van der Waals surface area contributed by atoms with Crippen molar-refractivity contribution >= 4 is 33.3 Å². The van der Waals surface area contributed by atoms with Gasteiger partial charge in [0, 0.05) is 17.8 Å². The van der Waals surface area contributed by atoms with Gasteiger partial charge in [-0.05, 0) is 12.1 Å². The maximum Gasteiger partial charge on any atom is 0.277 e. The van der Waals surface area contributed by atoms with Crippen LogP contribution in [-0.4, -0.2) is 25.9 Å². The Bertz CT molecular complexity index is 967. The predicted octanol–water partition coefficient (Wildman–Crippen LogP) is 2.94. The highest BCUT2D eigenvalue weighted by molar-refractivity contribution is 7.14. The molecule has 0 unspecified atom stereocenters. The molecule has 23 heavy (non-hydrogen) atoms. The number of thiazole rings is 1. The molecule has 0 saturated carbocycles. The molecule has 4 aromatic rings. The number of hydrogen-bond donors (Lipinski definition) is 1. The van der Waals surface area contributed by atoms with Crippen molar-refractivity contribution in [3.63, 3.8) is 0 Å². The maximum absolute atomic E-state index is 12.1. The number of carbonyl (C=O) groups excluding carboxylic acids is 1. The fourth-order valence-electron chi connectivity index (χ4n) is 2.21. The van der Waals surface area contributed by atoms with Crippen molar-refractivity contribution in [1.82, 2.24) is 20.0 Å². The fraction of sp³-hybridized carbons (Fsp3) is 0.0667. The average molecular weight is 325 g/mol. The van der Waals surface area contributed by atoms with Crippen LogP contribution in [-0.2, 0) is 7.05 Å². The van der Waals surface area contributed by atoms with Gasteiger partial charge < -0.3 is 4.42 Å². The molecule has 0 aliphatic heterocycles. The van der Waals surface area contributed by atoms with E-state index >= 15 is 0 Å². The maximum atomic E-state index is 12.1. The highest BCUT2D eigenvalue weighted by Crippen LogP contribution is 2.30. The summed E-state index contributed by atoms with van der Waals surface area (Å²) in [5, 5.41) is 13.5. The van der Waals surface area contributed by atoms with Crippen LogP contribution in [0.15, 0.2) is 46.3 Å². The van der Waals surface area contributed by atoms with E-state index in [1.165, 1.54) is 22.2 Å². The number of hydrogen-bond acceptors (Lipinski definition) is 6. The smallest absolute Gasteiger partial charge is 0.277 e. The van der Waals surface area contributed by atoms with Gasteiger partial charge in [-0.2, -0.15) is 0 Å². The molecule has 1 amide bonds. The molecule has 3 aromatic heterocycles. The summed E-state index contributed by atoms with van der Waals surface area (Å²) in [6, 6.07) is 9.69. The molecule has 0 atom stereocenters. The number of carbonyl (C=O) groups is 1. The lowest BCUT2D eigenvalue weighted by Gasteiger charge is -2.00. The molecule has 8 heteroatoms. The van der Waals surface area contributed by atoms with E-state index in [1.54, 1.807) is 7.05 Å². The first-order valence-corrected chi connectivity index (χ1v) is 7.69. The van der Waals surface area contributed by atoms with Crippen molar-refractivity contribution in [2.45, 2.75) is 0 Å². The monoisotopic (exact) mass is 325 g/mol. The topological polar surface area (TPSA) is 85.8 Å². The highest BCUT2D eigenvalue weighted by Gasteiger charge is 2.15. The van der Waals surface area contributed by atoms with Crippen LogP contribution in [0.25, 0.3) is 22.4 Å². The normalized spacial score (nSPS) is 11.0. The Balaban J connectivity index is 1.59. The molecule has 114 valence electrons. The zero-order valence-corrected chi connectivity index (χ0v) is 12.9. The Hall–Kier alpha value is -3.00. The van der Waals surface area contributed by atoms with E-state index in [2.05, 4.69) is 20.6 Å². The predicted molar refractivity (Wildman–Crippen MR) is 86.3 cm³/mol. The van der Waals surface area contributed by atoms with Crippen LogP contribution in [0.4, 0.5) is 5.13 Å². The Labute approximate surface area is 134 Å². The van der Waals surface area contributed by atoms with Crippen LogP contribution in [0.5, 0.6) is 0 Å². The Morgan fingerprint density at radius 1 is 1.35 bits per heavy atom. The highest BCUT2D eigenvalue weighted by atomic mass is 32.1. The number of aryl methyl sites for hydroxylation is 1. The first-order valence-electron chi connectivity index (χ1n) is 6.81. The summed E-state index contributed by atoms with van der Waals surface area (Å²) >= 11 is 1.33. The Kier molecular flexibility index (Phi) is 3.16. The van der Waals surface area contributed by atoms with Crippen LogP contribution < -0.4 is 5.32 Å². The third kappa shape index (κ3) is 2.49. The van der Waals surface area contributed by atoms with Crippen molar-refractivity contribution in [2.24, 2.45) is 7.05 Å². The number of fused-ring (bicyclic) bond motifs is 1. The van der Waals surface area contributed by atoms with E-state index in [9.17, 15) is 4.79 Å².